The molecule has 19 heavy (non-hydrogen) atoms. The first-order valence-corrected chi connectivity index (χ1v) is 7.66. The van der Waals surface area contributed by atoms with Crippen LogP contribution in [0.25, 0.3) is 10.1 Å². The molecular formula is C14H18BNO2S. The van der Waals surface area contributed by atoms with Crippen LogP contribution in [0.1, 0.15) is 24.8 Å². The van der Waals surface area contributed by atoms with Gasteiger partial charge in [0.25, 0.3) is 0 Å². The van der Waals surface area contributed by atoms with Crippen LogP contribution in [0.15, 0.2) is 24.3 Å². The third kappa shape index (κ3) is 2.70. The molecule has 5 heteroatoms. The summed E-state index contributed by atoms with van der Waals surface area (Å²) in [6.07, 6.45) is 3.81. The molecule has 2 N–H and O–H groups in total. The normalized spacial score (nSPS) is 16.9. The molecular weight excluding hydrogens is 257 g/mol. The third-order valence-electron chi connectivity index (χ3n) is 3.79. The molecule has 2 aromatic rings. The molecule has 1 aromatic carbocycles. The Morgan fingerprint density at radius 1 is 1.11 bits per heavy atom. The van der Waals surface area contributed by atoms with Crippen LogP contribution in [-0.4, -0.2) is 35.2 Å². The van der Waals surface area contributed by atoms with E-state index in [0.29, 0.717) is 4.78 Å². The van der Waals surface area contributed by atoms with Gasteiger partial charge in [-0.05, 0) is 42.9 Å². The van der Waals surface area contributed by atoms with E-state index in [2.05, 4.69) is 11.0 Å². The molecule has 3 nitrogen and oxygen atoms in total. The summed E-state index contributed by atoms with van der Waals surface area (Å²) < 4.78 is 1.84. The predicted molar refractivity (Wildman–Crippen MR) is 80.8 cm³/mol. The minimum Gasteiger partial charge on any atom is -0.423 e. The van der Waals surface area contributed by atoms with Gasteiger partial charge in [0.05, 0.1) is 0 Å². The van der Waals surface area contributed by atoms with E-state index in [1.165, 1.54) is 36.0 Å². The van der Waals surface area contributed by atoms with Crippen molar-refractivity contribution >= 4 is 33.3 Å². The monoisotopic (exact) mass is 275 g/mol. The second kappa shape index (κ2) is 5.63. The molecule has 1 fully saturated rings. The van der Waals surface area contributed by atoms with Gasteiger partial charge >= 0.3 is 7.12 Å². The molecule has 0 amide bonds. The molecule has 0 saturated carbocycles. The number of hydrogen-bond acceptors (Lipinski definition) is 4. The standard InChI is InChI=1S/C14H18BNO2S/c17-15(18)14-12(10-16-8-4-1-5-9-16)11-6-2-3-7-13(11)19-14/h2-3,6-7,17-18H,1,4-5,8-10H2. The molecule has 0 aliphatic carbocycles. The first-order chi connectivity index (χ1) is 9.25. The Bertz CT molecular complexity index is 564. The molecule has 2 heterocycles. The number of hydrogen-bond donors (Lipinski definition) is 2. The van der Waals surface area contributed by atoms with E-state index in [9.17, 15) is 10.0 Å². The highest BCUT2D eigenvalue weighted by Gasteiger charge is 2.23. The highest BCUT2D eigenvalue weighted by Crippen LogP contribution is 2.26. The van der Waals surface area contributed by atoms with Crippen molar-refractivity contribution in [3.63, 3.8) is 0 Å². The van der Waals surface area contributed by atoms with Gasteiger partial charge in [-0.1, -0.05) is 24.6 Å². The van der Waals surface area contributed by atoms with E-state index in [-0.39, 0.29) is 0 Å². The Hall–Kier alpha value is -0.875. The molecule has 1 aromatic heterocycles. The van der Waals surface area contributed by atoms with Gasteiger partial charge in [-0.3, -0.25) is 4.90 Å². The highest BCUT2D eigenvalue weighted by atomic mass is 32.1. The van der Waals surface area contributed by atoms with Crippen molar-refractivity contribution in [2.24, 2.45) is 0 Å². The van der Waals surface area contributed by atoms with Gasteiger partial charge < -0.3 is 10.0 Å². The van der Waals surface area contributed by atoms with Gasteiger partial charge in [-0.2, -0.15) is 0 Å². The summed E-state index contributed by atoms with van der Waals surface area (Å²) in [5, 5.41) is 20.3. The van der Waals surface area contributed by atoms with Crippen molar-refractivity contribution in [3.05, 3.63) is 29.8 Å². The highest BCUT2D eigenvalue weighted by molar-refractivity contribution is 7.28. The van der Waals surface area contributed by atoms with E-state index in [1.807, 2.05) is 18.2 Å². The van der Waals surface area contributed by atoms with Crippen LogP contribution < -0.4 is 4.78 Å². The molecule has 0 bridgehead atoms. The lowest BCUT2D eigenvalue weighted by atomic mass is 9.85. The second-order valence-electron chi connectivity index (χ2n) is 5.15. The number of thiophene rings is 1. The van der Waals surface area contributed by atoms with E-state index in [4.69, 9.17) is 0 Å². The van der Waals surface area contributed by atoms with Gasteiger partial charge in [0.1, 0.15) is 0 Å². The number of nitrogens with zero attached hydrogens (tertiary/aromatic N) is 1. The Balaban J connectivity index is 1.97. The SMILES string of the molecule is OB(O)c1sc2ccccc2c1CN1CCCCC1. The summed E-state index contributed by atoms with van der Waals surface area (Å²) in [5.41, 5.74) is 1.09. The van der Waals surface area contributed by atoms with Gasteiger partial charge in [-0.15, -0.1) is 11.3 Å². The third-order valence-corrected chi connectivity index (χ3v) is 5.05. The Morgan fingerprint density at radius 3 is 2.58 bits per heavy atom. The van der Waals surface area contributed by atoms with Crippen molar-refractivity contribution in [1.82, 2.24) is 4.90 Å². The van der Waals surface area contributed by atoms with Crippen LogP contribution in [0.3, 0.4) is 0 Å². The van der Waals surface area contributed by atoms with Crippen LogP contribution in [-0.2, 0) is 6.54 Å². The van der Waals surface area contributed by atoms with E-state index >= 15 is 0 Å². The average Bonchev–Trinajstić information content (AvgIpc) is 2.79. The van der Waals surface area contributed by atoms with E-state index in [0.717, 1.165) is 29.9 Å². The number of piperidine rings is 1. The summed E-state index contributed by atoms with van der Waals surface area (Å²) in [5.74, 6) is 0. The zero-order valence-corrected chi connectivity index (χ0v) is 11.7. The Kier molecular flexibility index (Phi) is 3.89. The minimum atomic E-state index is -1.36. The predicted octanol–water partition coefficient (Wildman–Crippen LogP) is 1.57. The molecule has 1 aliphatic rings. The van der Waals surface area contributed by atoms with Crippen LogP contribution >= 0.6 is 11.3 Å². The lowest BCUT2D eigenvalue weighted by Gasteiger charge is -2.26. The van der Waals surface area contributed by atoms with Gasteiger partial charge in [0.2, 0.25) is 0 Å². The maximum absolute atomic E-state index is 9.58. The Labute approximate surface area is 117 Å². The van der Waals surface area contributed by atoms with Crippen molar-refractivity contribution in [1.29, 1.82) is 0 Å². The van der Waals surface area contributed by atoms with Gasteiger partial charge in [-0.25, -0.2) is 0 Å². The van der Waals surface area contributed by atoms with Crippen molar-refractivity contribution in [3.8, 4) is 0 Å². The lowest BCUT2D eigenvalue weighted by Crippen LogP contribution is -2.35. The minimum absolute atomic E-state index is 0.701. The van der Waals surface area contributed by atoms with Gasteiger partial charge in [0.15, 0.2) is 0 Å². The van der Waals surface area contributed by atoms with Crippen molar-refractivity contribution in [2.75, 3.05) is 13.1 Å². The van der Waals surface area contributed by atoms with Crippen molar-refractivity contribution in [2.45, 2.75) is 25.8 Å². The number of fused-ring (bicyclic) bond motifs is 1. The largest absolute Gasteiger partial charge is 0.499 e. The average molecular weight is 275 g/mol. The number of benzene rings is 1. The zero-order valence-electron chi connectivity index (χ0n) is 10.9. The summed E-state index contributed by atoms with van der Waals surface area (Å²) in [4.78, 5) is 2.42. The van der Waals surface area contributed by atoms with Crippen LogP contribution in [0.4, 0.5) is 0 Å². The van der Waals surface area contributed by atoms with E-state index in [1.54, 1.807) is 0 Å². The summed E-state index contributed by atoms with van der Waals surface area (Å²) in [6.45, 7) is 3.06. The number of likely N-dealkylation sites (tertiary alicyclic amines) is 1. The first-order valence-electron chi connectivity index (χ1n) is 6.84. The Morgan fingerprint density at radius 2 is 1.84 bits per heavy atom. The molecule has 100 valence electrons. The fourth-order valence-electron chi connectivity index (χ4n) is 2.83. The molecule has 0 atom stereocenters. The lowest BCUT2D eigenvalue weighted by molar-refractivity contribution is 0.222. The smallest absolute Gasteiger partial charge is 0.423 e. The van der Waals surface area contributed by atoms with E-state index < -0.39 is 7.12 Å². The summed E-state index contributed by atoms with van der Waals surface area (Å²) in [7, 11) is -1.36. The fourth-order valence-corrected chi connectivity index (χ4v) is 3.92. The fraction of sp³-hybridized carbons (Fsp3) is 0.429. The summed E-state index contributed by atoms with van der Waals surface area (Å²) >= 11 is 1.49. The molecule has 0 unspecified atom stereocenters. The topological polar surface area (TPSA) is 43.7 Å². The maximum atomic E-state index is 9.58. The molecule has 0 radical (unpaired) electrons. The summed E-state index contributed by atoms with van der Waals surface area (Å²) in [6, 6.07) is 8.14. The quantitative estimate of drug-likeness (QED) is 0.836. The zero-order chi connectivity index (χ0) is 13.2. The number of rotatable bonds is 3. The molecule has 3 rings (SSSR count). The molecule has 1 aliphatic heterocycles. The maximum Gasteiger partial charge on any atom is 0.499 e. The first kappa shape index (κ1) is 13.1. The van der Waals surface area contributed by atoms with Crippen LogP contribution in [0, 0.1) is 0 Å². The van der Waals surface area contributed by atoms with Crippen LogP contribution in [0.5, 0.6) is 0 Å². The van der Waals surface area contributed by atoms with Crippen LogP contribution in [0.2, 0.25) is 0 Å². The van der Waals surface area contributed by atoms with Crippen molar-refractivity contribution < 1.29 is 10.0 Å². The molecule has 1 saturated heterocycles. The second-order valence-corrected chi connectivity index (χ2v) is 6.24. The van der Waals surface area contributed by atoms with Gasteiger partial charge in [0, 0.05) is 16.0 Å². The molecule has 0 spiro atoms.